The van der Waals surface area contributed by atoms with Gasteiger partial charge in [-0.2, -0.15) is 0 Å². The van der Waals surface area contributed by atoms with Gasteiger partial charge in [0, 0.05) is 36.8 Å². The fraction of sp³-hybridized carbons (Fsp3) is 0.615. The van der Waals surface area contributed by atoms with Gasteiger partial charge in [0.2, 0.25) is 0 Å². The van der Waals surface area contributed by atoms with Gasteiger partial charge in [-0.3, -0.25) is 9.59 Å². The summed E-state index contributed by atoms with van der Waals surface area (Å²) in [7, 11) is 0. The van der Waals surface area contributed by atoms with Gasteiger partial charge in [-0.15, -0.1) is 11.3 Å². The maximum atomic E-state index is 14.1. The van der Waals surface area contributed by atoms with Gasteiger partial charge < -0.3 is 20.6 Å². The number of hydrogen-bond acceptors (Lipinski definition) is 7. The first-order valence-electron chi connectivity index (χ1n) is 12.8. The zero-order valence-corrected chi connectivity index (χ0v) is 22.6. The minimum absolute atomic E-state index is 0.0124. The molecule has 2 fully saturated rings. The summed E-state index contributed by atoms with van der Waals surface area (Å²) in [6, 6.07) is 1.61. The number of hydrogen-bond donors (Lipinski definition) is 3. The van der Waals surface area contributed by atoms with Crippen LogP contribution in [-0.4, -0.2) is 68.5 Å². The molecular weight excluding hydrogens is 500 g/mol. The van der Waals surface area contributed by atoms with Gasteiger partial charge in [-0.25, -0.2) is 18.7 Å². The minimum Gasteiger partial charge on any atom is -0.389 e. The summed E-state index contributed by atoms with van der Waals surface area (Å²) in [5.41, 5.74) is 0.275. The highest BCUT2D eigenvalue weighted by molar-refractivity contribution is 7.17. The predicted octanol–water partition coefficient (Wildman–Crippen LogP) is 4.63. The highest BCUT2D eigenvalue weighted by Crippen LogP contribution is 2.37. The van der Waals surface area contributed by atoms with Crippen molar-refractivity contribution in [2.24, 2.45) is 0 Å². The summed E-state index contributed by atoms with van der Waals surface area (Å²) < 4.78 is 28.1. The molecule has 8 nitrogen and oxygen atoms in total. The van der Waals surface area contributed by atoms with Gasteiger partial charge in [0.25, 0.3) is 17.7 Å². The van der Waals surface area contributed by atoms with Gasteiger partial charge in [0.15, 0.2) is 5.01 Å². The van der Waals surface area contributed by atoms with Crippen LogP contribution >= 0.6 is 11.3 Å². The normalized spacial score (nSPS) is 20.2. The SMILES string of the molecule is Cc1cc(NC2CCCCC2)ncc1-c1sc(C(=O)NCC(C)(C)O)nc1C(=O)N1CC(F)(F)C[C@@H]1C. The molecule has 0 unspecified atom stereocenters. The van der Waals surface area contributed by atoms with E-state index >= 15 is 0 Å². The van der Waals surface area contributed by atoms with E-state index in [2.05, 4.69) is 20.6 Å². The molecule has 202 valence electrons. The van der Waals surface area contributed by atoms with Crippen molar-refractivity contribution in [2.45, 2.75) is 89.8 Å². The van der Waals surface area contributed by atoms with E-state index in [0.717, 1.165) is 40.5 Å². The van der Waals surface area contributed by atoms with Gasteiger partial charge in [-0.05, 0) is 52.2 Å². The number of anilines is 1. The lowest BCUT2D eigenvalue weighted by Crippen LogP contribution is -2.38. The number of thiazole rings is 1. The van der Waals surface area contributed by atoms with E-state index in [1.165, 1.54) is 19.3 Å². The van der Waals surface area contributed by atoms with Crippen molar-refractivity contribution >= 4 is 29.0 Å². The first-order chi connectivity index (χ1) is 17.3. The second-order valence-electron chi connectivity index (χ2n) is 10.9. The third-order valence-electron chi connectivity index (χ3n) is 6.81. The standard InChI is InChI=1S/C26H35F2N5O3S/c1-15-10-19(31-17-8-6-5-7-9-17)29-12-18(15)21-20(24(35)33-14-26(27,28)11-16(33)2)32-23(37-21)22(34)30-13-25(3,4)36/h10,12,16-17,36H,5-9,11,13-14H2,1-4H3,(H,29,31)(H,30,34)/t16-/m0/s1. The molecule has 1 aliphatic carbocycles. The smallest absolute Gasteiger partial charge is 0.280 e. The Morgan fingerprint density at radius 2 is 1.97 bits per heavy atom. The van der Waals surface area contributed by atoms with Crippen LogP contribution in [0.4, 0.5) is 14.6 Å². The molecule has 37 heavy (non-hydrogen) atoms. The molecule has 3 heterocycles. The number of aliphatic hydroxyl groups is 1. The van der Waals surface area contributed by atoms with Crippen LogP contribution in [0.5, 0.6) is 0 Å². The highest BCUT2D eigenvalue weighted by atomic mass is 32.1. The fourth-order valence-electron chi connectivity index (χ4n) is 4.87. The van der Waals surface area contributed by atoms with Crippen LogP contribution in [0.3, 0.4) is 0 Å². The summed E-state index contributed by atoms with van der Waals surface area (Å²) in [5, 5.41) is 16.1. The van der Waals surface area contributed by atoms with Crippen LogP contribution in [0.1, 0.15) is 85.2 Å². The maximum absolute atomic E-state index is 14.1. The molecular formula is C26H35F2N5O3S. The molecule has 2 aromatic heterocycles. The van der Waals surface area contributed by atoms with E-state index in [4.69, 9.17) is 0 Å². The van der Waals surface area contributed by atoms with Gasteiger partial charge in [-0.1, -0.05) is 19.3 Å². The molecule has 0 spiro atoms. The lowest BCUT2D eigenvalue weighted by molar-refractivity contribution is 0.0118. The average molecular weight is 536 g/mol. The van der Waals surface area contributed by atoms with Crippen LogP contribution < -0.4 is 10.6 Å². The van der Waals surface area contributed by atoms with Gasteiger partial charge in [0.1, 0.15) is 11.5 Å². The van der Waals surface area contributed by atoms with Crippen LogP contribution in [0.25, 0.3) is 10.4 Å². The number of nitrogens with one attached hydrogen (secondary N) is 2. The van der Waals surface area contributed by atoms with Crippen molar-refractivity contribution in [1.82, 2.24) is 20.2 Å². The largest absolute Gasteiger partial charge is 0.389 e. The molecule has 1 saturated heterocycles. The summed E-state index contributed by atoms with van der Waals surface area (Å²) in [6.45, 7) is 5.88. The Morgan fingerprint density at radius 1 is 1.27 bits per heavy atom. The molecule has 2 aromatic rings. The Kier molecular flexibility index (Phi) is 7.85. The molecule has 11 heteroatoms. The van der Waals surface area contributed by atoms with Gasteiger partial charge >= 0.3 is 0 Å². The number of rotatable bonds is 7. The predicted molar refractivity (Wildman–Crippen MR) is 139 cm³/mol. The van der Waals surface area contributed by atoms with E-state index in [9.17, 15) is 23.5 Å². The van der Waals surface area contributed by atoms with E-state index in [-0.39, 0.29) is 17.2 Å². The van der Waals surface area contributed by atoms with Crippen molar-refractivity contribution in [1.29, 1.82) is 0 Å². The number of pyridine rings is 1. The van der Waals surface area contributed by atoms with E-state index in [0.29, 0.717) is 16.5 Å². The lowest BCUT2D eigenvalue weighted by atomic mass is 9.95. The summed E-state index contributed by atoms with van der Waals surface area (Å²) in [5.74, 6) is -3.42. The molecule has 0 radical (unpaired) electrons. The Morgan fingerprint density at radius 3 is 2.57 bits per heavy atom. The van der Waals surface area contributed by atoms with Crippen molar-refractivity contribution in [2.75, 3.05) is 18.4 Å². The number of aryl methyl sites for hydroxylation is 1. The number of carbonyl (C=O) groups is 2. The summed E-state index contributed by atoms with van der Waals surface area (Å²) >= 11 is 1.02. The molecule has 0 aromatic carbocycles. The number of carbonyl (C=O) groups excluding carboxylic acids is 2. The van der Waals surface area contributed by atoms with E-state index in [1.807, 2.05) is 13.0 Å². The van der Waals surface area contributed by atoms with Crippen LogP contribution in [-0.2, 0) is 0 Å². The first-order valence-corrected chi connectivity index (χ1v) is 13.6. The number of alkyl halides is 2. The van der Waals surface area contributed by atoms with Crippen molar-refractivity contribution < 1.29 is 23.5 Å². The lowest BCUT2D eigenvalue weighted by Gasteiger charge is -2.23. The Bertz CT molecular complexity index is 1160. The maximum Gasteiger partial charge on any atom is 0.280 e. The second-order valence-corrected chi connectivity index (χ2v) is 11.9. The Labute approximate surface area is 219 Å². The van der Waals surface area contributed by atoms with Crippen molar-refractivity contribution in [3.8, 4) is 10.4 Å². The highest BCUT2D eigenvalue weighted by Gasteiger charge is 2.46. The summed E-state index contributed by atoms with van der Waals surface area (Å²) in [4.78, 5) is 36.7. The number of likely N-dealkylation sites (tertiary alicyclic amines) is 1. The average Bonchev–Trinajstić information content (AvgIpc) is 3.37. The van der Waals surface area contributed by atoms with Gasteiger partial charge in [0.05, 0.1) is 17.0 Å². The molecule has 4 rings (SSSR count). The first kappa shape index (κ1) is 27.4. The third kappa shape index (κ3) is 6.62. The minimum atomic E-state index is -2.97. The molecule has 3 N–H and O–H groups in total. The molecule has 1 aliphatic heterocycles. The molecule has 1 atom stereocenters. The Hall–Kier alpha value is -2.66. The molecule has 2 amide bonds. The van der Waals surface area contributed by atoms with Crippen LogP contribution in [0.15, 0.2) is 12.3 Å². The van der Waals surface area contributed by atoms with Crippen molar-refractivity contribution in [3.63, 3.8) is 0 Å². The zero-order chi connectivity index (χ0) is 27.0. The Balaban J connectivity index is 1.66. The molecule has 2 aliphatic rings. The molecule has 0 bridgehead atoms. The summed E-state index contributed by atoms with van der Waals surface area (Å²) in [6.07, 6.45) is 7.04. The van der Waals surface area contributed by atoms with E-state index in [1.54, 1.807) is 27.0 Å². The van der Waals surface area contributed by atoms with Crippen LogP contribution in [0.2, 0.25) is 0 Å². The zero-order valence-electron chi connectivity index (χ0n) is 21.7. The fourth-order valence-corrected chi connectivity index (χ4v) is 5.91. The quantitative estimate of drug-likeness (QED) is 0.477. The number of aromatic nitrogens is 2. The topological polar surface area (TPSA) is 107 Å². The monoisotopic (exact) mass is 535 g/mol. The molecule has 1 saturated carbocycles. The van der Waals surface area contributed by atoms with Crippen molar-refractivity contribution in [3.05, 3.63) is 28.5 Å². The van der Waals surface area contributed by atoms with Crippen LogP contribution in [0, 0.1) is 6.92 Å². The third-order valence-corrected chi connectivity index (χ3v) is 7.89. The number of nitrogens with zero attached hydrogens (tertiary/aromatic N) is 3. The second kappa shape index (κ2) is 10.6. The van der Waals surface area contributed by atoms with E-state index < -0.39 is 42.3 Å². The number of amides is 2. The number of halogens is 2.